The molecule has 0 radical (unpaired) electrons. The van der Waals surface area contributed by atoms with Crippen LogP contribution < -0.4 is 5.32 Å². The van der Waals surface area contributed by atoms with Crippen LogP contribution in [0, 0.1) is 19.8 Å². The van der Waals surface area contributed by atoms with Crippen LogP contribution in [0.3, 0.4) is 0 Å². The lowest BCUT2D eigenvalue weighted by atomic mass is 10.1. The number of nitrogens with one attached hydrogen (secondary N) is 1. The number of hydrogen-bond acceptors (Lipinski definition) is 4. The third-order valence-electron chi connectivity index (χ3n) is 3.33. The lowest BCUT2D eigenvalue weighted by molar-refractivity contribution is 0.0898. The van der Waals surface area contributed by atoms with Gasteiger partial charge in [-0.25, -0.2) is 9.50 Å². The summed E-state index contributed by atoms with van der Waals surface area (Å²) in [4.78, 5) is 16.4. The Balaban J connectivity index is 2.11. The van der Waals surface area contributed by atoms with Crippen LogP contribution in [0.5, 0.6) is 0 Å². The minimum atomic E-state index is -0.530. The summed E-state index contributed by atoms with van der Waals surface area (Å²) >= 11 is 0. The minimum absolute atomic E-state index is 0.238. The van der Waals surface area contributed by atoms with Crippen molar-refractivity contribution in [1.82, 2.24) is 19.9 Å². The van der Waals surface area contributed by atoms with Crippen LogP contribution in [0.1, 0.15) is 42.0 Å². The molecular weight excluding hydrogens is 268 g/mol. The van der Waals surface area contributed by atoms with Crippen molar-refractivity contribution in [2.45, 2.75) is 40.2 Å². The minimum Gasteiger partial charge on any atom is -0.391 e. The molecule has 2 aromatic heterocycles. The number of aliphatic hydroxyl groups is 1. The standard InChI is InChI=1S/C15H22N4O2/c1-9(2)5-12(20)7-17-15(21)13-8-16-14-6-10(3)18-19(14)11(13)4/h6,8-9,12,20H,5,7H2,1-4H3,(H,17,21). The van der Waals surface area contributed by atoms with Gasteiger partial charge in [0.1, 0.15) is 0 Å². The number of aryl methyl sites for hydroxylation is 2. The van der Waals surface area contributed by atoms with E-state index in [9.17, 15) is 9.90 Å². The Hall–Kier alpha value is -1.95. The zero-order valence-corrected chi connectivity index (χ0v) is 12.9. The first-order valence-electron chi connectivity index (χ1n) is 7.16. The van der Waals surface area contributed by atoms with Gasteiger partial charge < -0.3 is 10.4 Å². The maximum Gasteiger partial charge on any atom is 0.254 e. The van der Waals surface area contributed by atoms with Gasteiger partial charge in [0, 0.05) is 18.8 Å². The highest BCUT2D eigenvalue weighted by Crippen LogP contribution is 2.11. The molecule has 6 heteroatoms. The van der Waals surface area contributed by atoms with Gasteiger partial charge in [-0.15, -0.1) is 0 Å². The molecule has 2 rings (SSSR count). The molecule has 0 spiro atoms. The quantitative estimate of drug-likeness (QED) is 0.874. The molecule has 2 heterocycles. The zero-order valence-electron chi connectivity index (χ0n) is 12.9. The van der Waals surface area contributed by atoms with E-state index in [1.165, 1.54) is 0 Å². The normalized spacial score (nSPS) is 12.9. The summed E-state index contributed by atoms with van der Waals surface area (Å²) in [5, 5.41) is 16.9. The third kappa shape index (κ3) is 3.58. The maximum absolute atomic E-state index is 12.2. The molecule has 2 N–H and O–H groups in total. The molecule has 1 amide bonds. The van der Waals surface area contributed by atoms with Crippen molar-refractivity contribution in [1.29, 1.82) is 0 Å². The molecule has 0 aliphatic heterocycles. The van der Waals surface area contributed by atoms with E-state index in [2.05, 4.69) is 15.4 Å². The molecule has 0 aliphatic rings. The topological polar surface area (TPSA) is 79.5 Å². The number of hydrogen-bond donors (Lipinski definition) is 2. The predicted octanol–water partition coefficient (Wildman–Crippen LogP) is 1.48. The predicted molar refractivity (Wildman–Crippen MR) is 80.3 cm³/mol. The van der Waals surface area contributed by atoms with Gasteiger partial charge in [0.05, 0.1) is 23.1 Å². The van der Waals surface area contributed by atoms with E-state index in [0.29, 0.717) is 17.9 Å². The molecule has 0 aliphatic carbocycles. The first-order chi connectivity index (χ1) is 9.88. The van der Waals surface area contributed by atoms with Crippen molar-refractivity contribution < 1.29 is 9.90 Å². The molecule has 1 unspecified atom stereocenters. The Labute approximate surface area is 124 Å². The number of fused-ring (bicyclic) bond motifs is 1. The van der Waals surface area contributed by atoms with Crippen molar-refractivity contribution in [2.75, 3.05) is 6.54 Å². The summed E-state index contributed by atoms with van der Waals surface area (Å²) in [6.07, 6.45) is 1.68. The van der Waals surface area contributed by atoms with Crippen LogP contribution in [0.15, 0.2) is 12.3 Å². The molecule has 0 saturated heterocycles. The van der Waals surface area contributed by atoms with Crippen LogP contribution in [0.4, 0.5) is 0 Å². The van der Waals surface area contributed by atoms with Gasteiger partial charge in [0.15, 0.2) is 5.65 Å². The smallest absolute Gasteiger partial charge is 0.254 e. The first-order valence-corrected chi connectivity index (χ1v) is 7.16. The highest BCUT2D eigenvalue weighted by atomic mass is 16.3. The highest BCUT2D eigenvalue weighted by Gasteiger charge is 2.15. The summed E-state index contributed by atoms with van der Waals surface area (Å²) in [5.41, 5.74) is 2.79. The molecule has 6 nitrogen and oxygen atoms in total. The monoisotopic (exact) mass is 290 g/mol. The highest BCUT2D eigenvalue weighted by molar-refractivity contribution is 5.95. The lowest BCUT2D eigenvalue weighted by Gasteiger charge is -2.14. The van der Waals surface area contributed by atoms with Crippen molar-refractivity contribution in [3.63, 3.8) is 0 Å². The largest absolute Gasteiger partial charge is 0.391 e. The average Bonchev–Trinajstić information content (AvgIpc) is 2.77. The number of nitrogens with zero attached hydrogens (tertiary/aromatic N) is 3. The van der Waals surface area contributed by atoms with E-state index >= 15 is 0 Å². The molecule has 1 atom stereocenters. The molecule has 0 bridgehead atoms. The van der Waals surface area contributed by atoms with Crippen LogP contribution in [0.2, 0.25) is 0 Å². The van der Waals surface area contributed by atoms with Crippen LogP contribution in [-0.4, -0.2) is 38.3 Å². The number of carbonyl (C=O) groups is 1. The van der Waals surface area contributed by atoms with Crippen LogP contribution in [-0.2, 0) is 0 Å². The Morgan fingerprint density at radius 1 is 1.43 bits per heavy atom. The SMILES string of the molecule is Cc1cc2ncc(C(=O)NCC(O)CC(C)C)c(C)n2n1. The van der Waals surface area contributed by atoms with E-state index in [-0.39, 0.29) is 12.5 Å². The zero-order chi connectivity index (χ0) is 15.6. The van der Waals surface area contributed by atoms with Crippen molar-refractivity contribution >= 4 is 11.6 Å². The summed E-state index contributed by atoms with van der Waals surface area (Å²) < 4.78 is 1.66. The van der Waals surface area contributed by atoms with Gasteiger partial charge in [0.25, 0.3) is 5.91 Å². The number of carbonyl (C=O) groups excluding carboxylic acids is 1. The van der Waals surface area contributed by atoms with Crippen molar-refractivity contribution in [3.05, 3.63) is 29.2 Å². The van der Waals surface area contributed by atoms with Gasteiger partial charge in [-0.3, -0.25) is 4.79 Å². The number of aromatic nitrogens is 3. The van der Waals surface area contributed by atoms with Gasteiger partial charge in [-0.2, -0.15) is 5.10 Å². The molecular formula is C15H22N4O2. The summed E-state index contributed by atoms with van der Waals surface area (Å²) in [5.74, 6) is 0.154. The van der Waals surface area contributed by atoms with E-state index in [4.69, 9.17) is 0 Å². The van der Waals surface area contributed by atoms with Crippen LogP contribution in [0.25, 0.3) is 5.65 Å². The van der Waals surface area contributed by atoms with E-state index in [0.717, 1.165) is 17.0 Å². The van der Waals surface area contributed by atoms with E-state index in [1.807, 2.05) is 33.8 Å². The number of rotatable bonds is 5. The third-order valence-corrected chi connectivity index (χ3v) is 3.33. The number of aliphatic hydroxyl groups excluding tert-OH is 1. The second kappa shape index (κ2) is 6.22. The maximum atomic E-state index is 12.2. The van der Waals surface area contributed by atoms with E-state index in [1.54, 1.807) is 10.7 Å². The lowest BCUT2D eigenvalue weighted by Crippen LogP contribution is -2.33. The molecule has 0 aromatic carbocycles. The Morgan fingerprint density at radius 2 is 2.14 bits per heavy atom. The van der Waals surface area contributed by atoms with Crippen LogP contribution >= 0.6 is 0 Å². The summed E-state index contributed by atoms with van der Waals surface area (Å²) in [6, 6.07) is 1.86. The first kappa shape index (κ1) is 15.4. The van der Waals surface area contributed by atoms with Gasteiger partial charge in [0.2, 0.25) is 0 Å². The fraction of sp³-hybridized carbons (Fsp3) is 0.533. The second-order valence-corrected chi connectivity index (χ2v) is 5.81. The summed E-state index contributed by atoms with van der Waals surface area (Å²) in [6.45, 7) is 8.03. The average molecular weight is 290 g/mol. The Bertz CT molecular complexity index is 648. The van der Waals surface area contributed by atoms with Crippen molar-refractivity contribution in [2.24, 2.45) is 5.92 Å². The molecule has 21 heavy (non-hydrogen) atoms. The van der Waals surface area contributed by atoms with Gasteiger partial charge >= 0.3 is 0 Å². The molecule has 0 fully saturated rings. The summed E-state index contributed by atoms with van der Waals surface area (Å²) in [7, 11) is 0. The van der Waals surface area contributed by atoms with Gasteiger partial charge in [-0.05, 0) is 26.2 Å². The fourth-order valence-electron chi connectivity index (χ4n) is 2.32. The van der Waals surface area contributed by atoms with E-state index < -0.39 is 6.10 Å². The van der Waals surface area contributed by atoms with Gasteiger partial charge in [-0.1, -0.05) is 13.8 Å². The number of amides is 1. The molecule has 114 valence electrons. The Kier molecular flexibility index (Phi) is 4.57. The second-order valence-electron chi connectivity index (χ2n) is 5.81. The fourth-order valence-corrected chi connectivity index (χ4v) is 2.32. The molecule has 0 saturated carbocycles. The van der Waals surface area contributed by atoms with Crippen molar-refractivity contribution in [3.8, 4) is 0 Å². The Morgan fingerprint density at radius 3 is 2.81 bits per heavy atom. The molecule has 2 aromatic rings.